The highest BCUT2D eigenvalue weighted by molar-refractivity contribution is 7.92. The van der Waals surface area contributed by atoms with E-state index >= 15 is 0 Å². The topological polar surface area (TPSA) is 88.2 Å². The second kappa shape index (κ2) is 8.97. The van der Waals surface area contributed by atoms with Gasteiger partial charge in [-0.3, -0.25) is 14.8 Å². The van der Waals surface area contributed by atoms with Crippen molar-refractivity contribution >= 4 is 72.6 Å². The first-order valence-electron chi connectivity index (χ1n) is 8.72. The number of carbonyl (C=O) groups excluding carboxylic acids is 1. The van der Waals surface area contributed by atoms with Gasteiger partial charge in [-0.1, -0.05) is 47.5 Å². The van der Waals surface area contributed by atoms with Crippen molar-refractivity contribution in [1.29, 1.82) is 0 Å². The lowest BCUT2D eigenvalue weighted by atomic mass is 10.2. The average molecular weight is 510 g/mol. The van der Waals surface area contributed by atoms with E-state index in [-0.39, 0.29) is 16.1 Å². The molecule has 0 atom stereocenters. The van der Waals surface area contributed by atoms with Crippen LogP contribution in [0.25, 0.3) is 11.3 Å². The van der Waals surface area contributed by atoms with Crippen LogP contribution < -0.4 is 10.0 Å². The van der Waals surface area contributed by atoms with E-state index in [1.807, 2.05) is 0 Å². The van der Waals surface area contributed by atoms with Crippen LogP contribution in [0.3, 0.4) is 0 Å². The first kappa shape index (κ1) is 21.8. The third-order valence-corrected chi connectivity index (χ3v) is 7.73. The number of benzene rings is 2. The quantitative estimate of drug-likeness (QED) is 0.322. The van der Waals surface area contributed by atoms with Crippen LogP contribution >= 0.6 is 45.9 Å². The third-order valence-electron chi connectivity index (χ3n) is 4.09. The summed E-state index contributed by atoms with van der Waals surface area (Å²) >= 11 is 14.6. The molecule has 0 bridgehead atoms. The number of rotatable bonds is 6. The van der Waals surface area contributed by atoms with Gasteiger partial charge in [-0.2, -0.15) is 0 Å². The van der Waals surface area contributed by atoms with Crippen molar-refractivity contribution in [2.45, 2.75) is 4.90 Å². The highest BCUT2D eigenvalue weighted by Gasteiger charge is 2.16. The number of amides is 1. The van der Waals surface area contributed by atoms with Crippen molar-refractivity contribution in [1.82, 2.24) is 4.98 Å². The summed E-state index contributed by atoms with van der Waals surface area (Å²) in [5.41, 5.74) is 1.86. The van der Waals surface area contributed by atoms with Crippen molar-refractivity contribution in [2.75, 3.05) is 10.0 Å². The number of hydrogen-bond donors (Lipinski definition) is 2. The smallest absolute Gasteiger partial charge is 0.261 e. The number of thiazole rings is 1. The average Bonchev–Trinajstić information content (AvgIpc) is 3.34. The number of anilines is 2. The van der Waals surface area contributed by atoms with Crippen molar-refractivity contribution in [3.05, 3.63) is 80.3 Å². The molecule has 0 saturated heterocycles. The number of nitrogens with one attached hydrogen (secondary N) is 2. The molecule has 2 N–H and O–H groups in total. The van der Waals surface area contributed by atoms with Crippen molar-refractivity contribution in [3.63, 3.8) is 0 Å². The molecule has 6 nitrogen and oxygen atoms in total. The van der Waals surface area contributed by atoms with Gasteiger partial charge in [0.2, 0.25) is 0 Å². The van der Waals surface area contributed by atoms with Crippen LogP contribution in [0.5, 0.6) is 0 Å². The Morgan fingerprint density at radius 2 is 1.77 bits per heavy atom. The molecular formula is C20H13Cl2N3O3S3. The summed E-state index contributed by atoms with van der Waals surface area (Å²) in [6.07, 6.45) is 0. The molecule has 0 unspecified atom stereocenters. The summed E-state index contributed by atoms with van der Waals surface area (Å²) in [6, 6.07) is 15.9. The van der Waals surface area contributed by atoms with Crippen molar-refractivity contribution < 1.29 is 13.2 Å². The van der Waals surface area contributed by atoms with E-state index < -0.39 is 15.9 Å². The van der Waals surface area contributed by atoms with Gasteiger partial charge < -0.3 is 0 Å². The first-order valence-corrected chi connectivity index (χ1v) is 12.7. The molecule has 0 spiro atoms. The minimum atomic E-state index is -3.76. The molecule has 0 fully saturated rings. The summed E-state index contributed by atoms with van der Waals surface area (Å²) in [5, 5.41) is 4.87. The molecule has 0 radical (unpaired) electrons. The molecular weight excluding hydrogens is 497 g/mol. The van der Waals surface area contributed by atoms with E-state index in [0.717, 1.165) is 0 Å². The number of hydrogen-bond acceptors (Lipinski definition) is 6. The van der Waals surface area contributed by atoms with Crippen LogP contribution in [0.1, 0.15) is 10.4 Å². The normalized spacial score (nSPS) is 11.3. The second-order valence-corrected chi connectivity index (χ2v) is 11.1. The number of thiophene rings is 1. The number of halogens is 2. The van der Waals surface area contributed by atoms with Crippen LogP contribution in [0.15, 0.2) is 70.9 Å². The molecule has 0 aliphatic rings. The predicted molar refractivity (Wildman–Crippen MR) is 127 cm³/mol. The van der Waals surface area contributed by atoms with Gasteiger partial charge >= 0.3 is 0 Å². The van der Waals surface area contributed by atoms with E-state index in [1.165, 1.54) is 40.9 Å². The molecule has 1 amide bonds. The van der Waals surface area contributed by atoms with Gasteiger partial charge in [0.15, 0.2) is 5.13 Å². The Morgan fingerprint density at radius 1 is 1.00 bits per heavy atom. The van der Waals surface area contributed by atoms with Gasteiger partial charge in [-0.25, -0.2) is 13.4 Å². The van der Waals surface area contributed by atoms with Gasteiger partial charge in [-0.05, 0) is 36.4 Å². The fourth-order valence-corrected chi connectivity index (χ4v) is 5.93. The summed E-state index contributed by atoms with van der Waals surface area (Å²) in [6.45, 7) is 0. The highest BCUT2D eigenvalue weighted by atomic mass is 35.5. The molecule has 2 aromatic heterocycles. The van der Waals surface area contributed by atoms with Crippen molar-refractivity contribution in [2.24, 2.45) is 0 Å². The van der Waals surface area contributed by atoms with Crippen LogP contribution in [-0.2, 0) is 10.0 Å². The van der Waals surface area contributed by atoms with Gasteiger partial charge in [0.25, 0.3) is 15.9 Å². The van der Waals surface area contributed by atoms with E-state index in [1.54, 1.807) is 47.8 Å². The first-order chi connectivity index (χ1) is 14.8. The van der Waals surface area contributed by atoms with Gasteiger partial charge in [-0.15, -0.1) is 22.7 Å². The summed E-state index contributed by atoms with van der Waals surface area (Å²) in [7, 11) is -3.76. The lowest BCUT2D eigenvalue weighted by molar-refractivity contribution is 0.102. The van der Waals surface area contributed by atoms with E-state index in [2.05, 4.69) is 15.0 Å². The van der Waals surface area contributed by atoms with Crippen molar-refractivity contribution in [3.8, 4) is 11.3 Å². The molecule has 4 aromatic rings. The molecule has 2 heterocycles. The zero-order valence-corrected chi connectivity index (χ0v) is 19.5. The number of sulfonamides is 1. The van der Waals surface area contributed by atoms with Crippen LogP contribution in [0.4, 0.5) is 10.8 Å². The monoisotopic (exact) mass is 509 g/mol. The third kappa shape index (κ3) is 5.08. The SMILES string of the molecule is O=C(Nc1nc(-c2cc(Cl)sc2Cl)cs1)c1cccc(NS(=O)(=O)c2ccccc2)c1. The minimum absolute atomic E-state index is 0.132. The van der Waals surface area contributed by atoms with Gasteiger partial charge in [0, 0.05) is 22.2 Å². The van der Waals surface area contributed by atoms with Crippen LogP contribution in [0.2, 0.25) is 8.67 Å². The number of nitrogens with zero attached hydrogens (tertiary/aromatic N) is 1. The summed E-state index contributed by atoms with van der Waals surface area (Å²) in [4.78, 5) is 17.2. The maximum atomic E-state index is 12.7. The fraction of sp³-hybridized carbons (Fsp3) is 0. The molecule has 0 aliphatic heterocycles. The lowest BCUT2D eigenvalue weighted by Crippen LogP contribution is -2.15. The maximum absolute atomic E-state index is 12.7. The zero-order valence-electron chi connectivity index (χ0n) is 15.5. The fourth-order valence-electron chi connectivity index (χ4n) is 2.68. The Bertz CT molecular complexity index is 1350. The maximum Gasteiger partial charge on any atom is 0.261 e. The number of carbonyl (C=O) groups is 1. The predicted octanol–water partition coefficient (Wildman–Crippen LogP) is 6.23. The van der Waals surface area contributed by atoms with Gasteiger partial charge in [0.05, 0.1) is 14.9 Å². The van der Waals surface area contributed by atoms with E-state index in [0.29, 0.717) is 25.1 Å². The van der Waals surface area contributed by atoms with E-state index in [4.69, 9.17) is 23.2 Å². The largest absolute Gasteiger partial charge is 0.298 e. The Morgan fingerprint density at radius 3 is 2.48 bits per heavy atom. The molecule has 0 saturated carbocycles. The molecule has 158 valence electrons. The van der Waals surface area contributed by atoms with E-state index in [9.17, 15) is 13.2 Å². The Kier molecular flexibility index (Phi) is 6.31. The Hall–Kier alpha value is -2.43. The summed E-state index contributed by atoms with van der Waals surface area (Å²) < 4.78 is 28.6. The number of aromatic nitrogens is 1. The lowest BCUT2D eigenvalue weighted by Gasteiger charge is -2.09. The summed E-state index contributed by atoms with van der Waals surface area (Å²) in [5.74, 6) is -0.420. The molecule has 2 aromatic carbocycles. The Balaban J connectivity index is 1.50. The van der Waals surface area contributed by atoms with Gasteiger partial charge in [0.1, 0.15) is 4.34 Å². The molecule has 0 aliphatic carbocycles. The molecule has 4 rings (SSSR count). The molecule has 31 heavy (non-hydrogen) atoms. The highest BCUT2D eigenvalue weighted by Crippen LogP contribution is 2.39. The standard InChI is InChI=1S/C20H13Cl2N3O3S3/c21-17-10-15(18(22)30-17)16-11-29-20(23-16)24-19(26)12-5-4-6-13(9-12)25-31(27,28)14-7-2-1-3-8-14/h1-11,25H,(H,23,24,26). The second-order valence-electron chi connectivity index (χ2n) is 6.23. The minimum Gasteiger partial charge on any atom is -0.298 e. The van der Waals surface area contributed by atoms with Crippen LogP contribution in [0, 0.1) is 0 Å². The zero-order chi connectivity index (χ0) is 22.0. The van der Waals surface area contributed by atoms with Crippen LogP contribution in [-0.4, -0.2) is 19.3 Å². The molecule has 11 heteroatoms. The Labute approximate surface area is 196 Å².